The summed E-state index contributed by atoms with van der Waals surface area (Å²) in [5.74, 6) is 0. The number of benzene rings is 1. The zero-order valence-corrected chi connectivity index (χ0v) is 8.86. The van der Waals surface area contributed by atoms with Gasteiger partial charge >= 0.3 is 0 Å². The first kappa shape index (κ1) is 9.85. The van der Waals surface area contributed by atoms with Crippen LogP contribution >= 0.6 is 0 Å². The van der Waals surface area contributed by atoms with Crippen LogP contribution in [0, 0.1) is 13.8 Å². The van der Waals surface area contributed by atoms with E-state index in [-0.39, 0.29) is 0 Å². The van der Waals surface area contributed by atoms with Gasteiger partial charge in [-0.25, -0.2) is 0 Å². The van der Waals surface area contributed by atoms with Gasteiger partial charge < -0.3 is 5.32 Å². The molecule has 0 heterocycles. The molecule has 1 nitrogen and oxygen atoms in total. The number of nitrogens with one attached hydrogen (secondary N) is 1. The Labute approximate surface area is 80.5 Å². The van der Waals surface area contributed by atoms with Crippen LogP contribution in [0.15, 0.2) is 18.7 Å². The monoisotopic (exact) mass is 175 g/mol. The molecule has 0 saturated heterocycles. The van der Waals surface area contributed by atoms with E-state index in [4.69, 9.17) is 0 Å². The zero-order valence-electron chi connectivity index (χ0n) is 8.86. The predicted octanol–water partition coefficient (Wildman–Crippen LogP) is 3.38. The second-order valence-electron chi connectivity index (χ2n) is 3.46. The summed E-state index contributed by atoms with van der Waals surface area (Å²) in [6, 6.07) is 4.26. The van der Waals surface area contributed by atoms with Crippen molar-refractivity contribution in [2.75, 3.05) is 12.4 Å². The molecule has 1 aromatic rings. The van der Waals surface area contributed by atoms with Crippen molar-refractivity contribution in [1.29, 1.82) is 0 Å². The van der Waals surface area contributed by atoms with Gasteiger partial charge in [0.15, 0.2) is 0 Å². The van der Waals surface area contributed by atoms with Crippen LogP contribution in [0.1, 0.15) is 23.6 Å². The smallest absolute Gasteiger partial charge is 0.0403 e. The quantitative estimate of drug-likeness (QED) is 0.726. The van der Waals surface area contributed by atoms with Gasteiger partial charge in [0.05, 0.1) is 0 Å². The standard InChI is InChI=1S/C12H17N/c1-8(2)11-7-6-9(3)12(13-5)10(11)4/h6-7,13H,1H2,2-5H3. The molecule has 1 heteroatoms. The van der Waals surface area contributed by atoms with Crippen LogP contribution < -0.4 is 5.32 Å². The molecule has 70 valence electrons. The minimum Gasteiger partial charge on any atom is -0.388 e. The van der Waals surface area contributed by atoms with Gasteiger partial charge in [0.1, 0.15) is 0 Å². The molecule has 0 saturated carbocycles. The first-order chi connectivity index (χ1) is 6.07. The fourth-order valence-corrected chi connectivity index (χ4v) is 1.69. The second-order valence-corrected chi connectivity index (χ2v) is 3.46. The van der Waals surface area contributed by atoms with E-state index in [0.29, 0.717) is 0 Å². The van der Waals surface area contributed by atoms with Gasteiger partial charge in [0.2, 0.25) is 0 Å². The Balaban J connectivity index is 3.35. The van der Waals surface area contributed by atoms with E-state index in [0.717, 1.165) is 5.57 Å². The molecule has 13 heavy (non-hydrogen) atoms. The fraction of sp³-hybridized carbons (Fsp3) is 0.333. The fourth-order valence-electron chi connectivity index (χ4n) is 1.69. The summed E-state index contributed by atoms with van der Waals surface area (Å²) in [5, 5.41) is 3.22. The molecule has 0 aliphatic heterocycles. The van der Waals surface area contributed by atoms with E-state index < -0.39 is 0 Å². The lowest BCUT2D eigenvalue weighted by molar-refractivity contribution is 1.31. The summed E-state index contributed by atoms with van der Waals surface area (Å²) in [6.07, 6.45) is 0. The summed E-state index contributed by atoms with van der Waals surface area (Å²) in [4.78, 5) is 0. The highest BCUT2D eigenvalue weighted by Crippen LogP contribution is 2.26. The minimum absolute atomic E-state index is 1.12. The highest BCUT2D eigenvalue weighted by atomic mass is 14.8. The Hall–Kier alpha value is -1.24. The average molecular weight is 175 g/mol. The van der Waals surface area contributed by atoms with Crippen molar-refractivity contribution in [3.8, 4) is 0 Å². The van der Waals surface area contributed by atoms with Crippen molar-refractivity contribution >= 4 is 11.3 Å². The normalized spacial score (nSPS) is 9.85. The van der Waals surface area contributed by atoms with Crippen LogP contribution in [-0.2, 0) is 0 Å². The first-order valence-electron chi connectivity index (χ1n) is 4.51. The Morgan fingerprint density at radius 2 is 1.92 bits per heavy atom. The molecular formula is C12H17N. The van der Waals surface area contributed by atoms with Crippen LogP contribution in [0.5, 0.6) is 0 Å². The van der Waals surface area contributed by atoms with Crippen LogP contribution in [-0.4, -0.2) is 7.05 Å². The van der Waals surface area contributed by atoms with Crippen molar-refractivity contribution in [1.82, 2.24) is 0 Å². The SMILES string of the molecule is C=C(C)c1ccc(C)c(NC)c1C. The molecule has 0 aliphatic carbocycles. The molecule has 0 unspecified atom stereocenters. The molecule has 0 bridgehead atoms. The highest BCUT2D eigenvalue weighted by Gasteiger charge is 2.05. The lowest BCUT2D eigenvalue weighted by Crippen LogP contribution is -1.97. The maximum Gasteiger partial charge on any atom is 0.0403 e. The Bertz CT molecular complexity index is 337. The number of aryl methyl sites for hydroxylation is 1. The van der Waals surface area contributed by atoms with Gasteiger partial charge in [-0.05, 0) is 37.5 Å². The number of anilines is 1. The summed E-state index contributed by atoms with van der Waals surface area (Å²) in [6.45, 7) is 10.2. The van der Waals surface area contributed by atoms with E-state index in [1.807, 2.05) is 14.0 Å². The average Bonchev–Trinajstić information content (AvgIpc) is 2.04. The van der Waals surface area contributed by atoms with Crippen LogP contribution in [0.25, 0.3) is 5.57 Å². The third kappa shape index (κ3) is 1.74. The Morgan fingerprint density at radius 1 is 1.31 bits per heavy atom. The minimum atomic E-state index is 1.12. The van der Waals surface area contributed by atoms with Gasteiger partial charge in [-0.2, -0.15) is 0 Å². The summed E-state index contributed by atoms with van der Waals surface area (Å²) < 4.78 is 0. The van der Waals surface area contributed by atoms with Gasteiger partial charge in [-0.3, -0.25) is 0 Å². The van der Waals surface area contributed by atoms with Crippen molar-refractivity contribution in [2.24, 2.45) is 0 Å². The molecule has 0 radical (unpaired) electrons. The van der Waals surface area contributed by atoms with E-state index >= 15 is 0 Å². The molecule has 0 amide bonds. The van der Waals surface area contributed by atoms with E-state index in [9.17, 15) is 0 Å². The third-order valence-corrected chi connectivity index (χ3v) is 2.38. The Morgan fingerprint density at radius 3 is 2.38 bits per heavy atom. The third-order valence-electron chi connectivity index (χ3n) is 2.38. The maximum absolute atomic E-state index is 3.96. The number of hydrogen-bond donors (Lipinski definition) is 1. The van der Waals surface area contributed by atoms with E-state index in [2.05, 4.69) is 37.9 Å². The van der Waals surface area contributed by atoms with Gasteiger partial charge in [0, 0.05) is 12.7 Å². The molecule has 0 spiro atoms. The highest BCUT2D eigenvalue weighted by molar-refractivity contribution is 5.72. The molecule has 0 aliphatic rings. The van der Waals surface area contributed by atoms with Gasteiger partial charge in [-0.1, -0.05) is 24.3 Å². The van der Waals surface area contributed by atoms with Crippen LogP contribution in [0.3, 0.4) is 0 Å². The lowest BCUT2D eigenvalue weighted by atomic mass is 9.98. The van der Waals surface area contributed by atoms with E-state index in [1.54, 1.807) is 0 Å². The number of allylic oxidation sites excluding steroid dienone is 1. The Kier molecular flexibility index (Phi) is 2.76. The molecule has 0 fully saturated rings. The van der Waals surface area contributed by atoms with Gasteiger partial charge in [0.25, 0.3) is 0 Å². The van der Waals surface area contributed by atoms with Crippen molar-refractivity contribution in [2.45, 2.75) is 20.8 Å². The van der Waals surface area contributed by atoms with E-state index in [1.165, 1.54) is 22.4 Å². The van der Waals surface area contributed by atoms with Gasteiger partial charge in [-0.15, -0.1) is 0 Å². The zero-order chi connectivity index (χ0) is 10.0. The molecule has 1 aromatic carbocycles. The lowest BCUT2D eigenvalue weighted by Gasteiger charge is -2.13. The van der Waals surface area contributed by atoms with Crippen LogP contribution in [0.2, 0.25) is 0 Å². The molecule has 1 N–H and O–H groups in total. The molecule has 1 rings (SSSR count). The number of rotatable bonds is 2. The molecular weight excluding hydrogens is 158 g/mol. The van der Waals surface area contributed by atoms with Crippen molar-refractivity contribution in [3.63, 3.8) is 0 Å². The summed E-state index contributed by atoms with van der Waals surface area (Å²) in [5.41, 5.74) is 6.16. The second kappa shape index (κ2) is 3.65. The van der Waals surface area contributed by atoms with Crippen molar-refractivity contribution in [3.05, 3.63) is 35.4 Å². The van der Waals surface area contributed by atoms with Crippen LogP contribution in [0.4, 0.5) is 5.69 Å². The maximum atomic E-state index is 3.96. The topological polar surface area (TPSA) is 12.0 Å². The summed E-state index contributed by atoms with van der Waals surface area (Å²) in [7, 11) is 1.96. The summed E-state index contributed by atoms with van der Waals surface area (Å²) >= 11 is 0. The predicted molar refractivity (Wildman–Crippen MR) is 60.2 cm³/mol. The molecule has 0 aromatic heterocycles. The number of hydrogen-bond acceptors (Lipinski definition) is 1. The molecule has 0 atom stereocenters. The first-order valence-corrected chi connectivity index (χ1v) is 4.51. The van der Waals surface area contributed by atoms with Crippen molar-refractivity contribution < 1.29 is 0 Å². The largest absolute Gasteiger partial charge is 0.388 e.